The predicted octanol–water partition coefficient (Wildman–Crippen LogP) is 3.19. The number of benzene rings is 2. The zero-order chi connectivity index (χ0) is 23.8. The number of hydrogen-bond acceptors (Lipinski definition) is 6. The summed E-state index contributed by atoms with van der Waals surface area (Å²) in [6.45, 7) is 1.98. The van der Waals surface area contributed by atoms with Crippen LogP contribution in [0.3, 0.4) is 0 Å². The van der Waals surface area contributed by atoms with E-state index in [2.05, 4.69) is 5.32 Å². The Hall–Kier alpha value is -3.07. The third-order valence-corrected chi connectivity index (χ3v) is 7.78. The van der Waals surface area contributed by atoms with Gasteiger partial charge in [0.1, 0.15) is 11.5 Å². The van der Waals surface area contributed by atoms with Crippen molar-refractivity contribution in [1.29, 1.82) is 0 Å². The Morgan fingerprint density at radius 2 is 1.85 bits per heavy atom. The molecule has 1 aliphatic carbocycles. The van der Waals surface area contributed by atoms with Crippen molar-refractivity contribution >= 4 is 33.0 Å². The summed E-state index contributed by atoms with van der Waals surface area (Å²) in [5.41, 5.74) is 2.05. The van der Waals surface area contributed by atoms with Crippen LogP contribution in [0.2, 0.25) is 0 Å². The van der Waals surface area contributed by atoms with E-state index in [0.29, 0.717) is 23.6 Å². The number of amides is 2. The van der Waals surface area contributed by atoms with Gasteiger partial charge in [-0.1, -0.05) is 0 Å². The van der Waals surface area contributed by atoms with Crippen LogP contribution in [0.25, 0.3) is 0 Å². The zero-order valence-electron chi connectivity index (χ0n) is 19.0. The number of hydrogen-bond donors (Lipinski definition) is 1. The molecule has 2 aromatic rings. The molecular weight excluding hydrogens is 444 g/mol. The largest absolute Gasteiger partial charge is 0.497 e. The quantitative estimate of drug-likeness (QED) is 0.633. The number of carbonyl (C=O) groups is 2. The molecule has 8 nitrogen and oxygen atoms in total. The first-order valence-corrected chi connectivity index (χ1v) is 12.6. The summed E-state index contributed by atoms with van der Waals surface area (Å²) in [6.07, 6.45) is 2.26. The van der Waals surface area contributed by atoms with Crippen molar-refractivity contribution in [3.63, 3.8) is 0 Å². The van der Waals surface area contributed by atoms with Crippen molar-refractivity contribution in [2.24, 2.45) is 5.92 Å². The number of fused-ring (bicyclic) bond motifs is 1. The molecule has 1 N–H and O–H groups in total. The molecule has 0 bridgehead atoms. The highest BCUT2D eigenvalue weighted by Crippen LogP contribution is 2.39. The Morgan fingerprint density at radius 3 is 2.52 bits per heavy atom. The smallest absolute Gasteiger partial charge is 0.230 e. The Kier molecular flexibility index (Phi) is 6.34. The zero-order valence-corrected chi connectivity index (χ0v) is 19.8. The first-order chi connectivity index (χ1) is 15.7. The van der Waals surface area contributed by atoms with Crippen LogP contribution in [0.4, 0.5) is 11.4 Å². The molecule has 9 heteroatoms. The lowest BCUT2D eigenvalue weighted by Gasteiger charge is -2.22. The minimum absolute atomic E-state index is 0.00896. The van der Waals surface area contributed by atoms with Crippen LogP contribution in [0.5, 0.6) is 11.5 Å². The second-order valence-corrected chi connectivity index (χ2v) is 10.6. The van der Waals surface area contributed by atoms with Gasteiger partial charge in [-0.15, -0.1) is 0 Å². The van der Waals surface area contributed by atoms with Gasteiger partial charge in [-0.25, -0.2) is 8.42 Å². The third kappa shape index (κ3) is 4.83. The molecule has 0 aromatic heterocycles. The molecule has 0 unspecified atom stereocenters. The molecule has 33 heavy (non-hydrogen) atoms. The van der Waals surface area contributed by atoms with Crippen LogP contribution in [0.15, 0.2) is 41.3 Å². The maximum atomic E-state index is 12.9. The Labute approximate surface area is 193 Å². The van der Waals surface area contributed by atoms with Gasteiger partial charge in [-0.3, -0.25) is 9.59 Å². The van der Waals surface area contributed by atoms with Crippen LogP contribution in [0, 0.1) is 5.92 Å². The topological polar surface area (TPSA) is 102 Å². The highest BCUT2D eigenvalue weighted by molar-refractivity contribution is 7.91. The molecule has 1 atom stereocenters. The summed E-state index contributed by atoms with van der Waals surface area (Å²) in [5.74, 6) is 0.445. The molecule has 1 fully saturated rings. The standard InChI is InChI=1S/C24H28N2O6S/c1-15-12-17-13-19(7-8-21(17)26(15)24(28)16-4-5-16)33(29,30)11-10-23(27)25-20-14-18(31-2)6-9-22(20)32-3/h6-9,13-16H,4-5,10-12H2,1-3H3,(H,25,27)/t15-/m0/s1. The maximum absolute atomic E-state index is 12.9. The average molecular weight is 473 g/mol. The summed E-state index contributed by atoms with van der Waals surface area (Å²) in [5, 5.41) is 2.69. The van der Waals surface area contributed by atoms with Crippen molar-refractivity contribution in [1.82, 2.24) is 0 Å². The fourth-order valence-electron chi connectivity index (χ4n) is 4.13. The number of ether oxygens (including phenoxy) is 2. The number of nitrogens with zero attached hydrogens (tertiary/aromatic N) is 1. The van der Waals surface area contributed by atoms with Crippen LogP contribution in [-0.2, 0) is 25.8 Å². The highest BCUT2D eigenvalue weighted by Gasteiger charge is 2.39. The Balaban J connectivity index is 1.44. The molecule has 0 spiro atoms. The SMILES string of the molecule is COc1ccc(OC)c(NC(=O)CCS(=O)(=O)c2ccc3c(c2)C[C@H](C)N3C(=O)C2CC2)c1. The number of anilines is 2. The van der Waals surface area contributed by atoms with Crippen molar-refractivity contribution in [3.8, 4) is 11.5 Å². The molecule has 0 radical (unpaired) electrons. The number of sulfone groups is 1. The van der Waals surface area contributed by atoms with Crippen LogP contribution in [-0.4, -0.2) is 46.2 Å². The minimum atomic E-state index is -3.68. The van der Waals surface area contributed by atoms with Gasteiger partial charge in [0.2, 0.25) is 11.8 Å². The number of nitrogens with one attached hydrogen (secondary N) is 1. The number of rotatable bonds is 8. The fraction of sp³-hybridized carbons (Fsp3) is 0.417. The van der Waals surface area contributed by atoms with Gasteiger partial charge in [-0.05, 0) is 62.1 Å². The highest BCUT2D eigenvalue weighted by atomic mass is 32.2. The van der Waals surface area contributed by atoms with Crippen LogP contribution < -0.4 is 19.7 Å². The van der Waals surface area contributed by atoms with Crippen LogP contribution >= 0.6 is 0 Å². The van der Waals surface area contributed by atoms with Gasteiger partial charge in [0.15, 0.2) is 9.84 Å². The molecule has 0 saturated heterocycles. The summed E-state index contributed by atoms with van der Waals surface area (Å²) < 4.78 is 36.2. The molecule has 2 aliphatic rings. The Morgan fingerprint density at radius 1 is 1.09 bits per heavy atom. The van der Waals surface area contributed by atoms with Crippen molar-refractivity contribution in [2.75, 3.05) is 30.2 Å². The lowest BCUT2D eigenvalue weighted by atomic mass is 10.1. The lowest BCUT2D eigenvalue weighted by Crippen LogP contribution is -2.36. The average Bonchev–Trinajstić information content (AvgIpc) is 3.59. The van der Waals surface area contributed by atoms with E-state index in [1.54, 1.807) is 35.2 Å². The third-order valence-electron chi connectivity index (χ3n) is 6.07. The van der Waals surface area contributed by atoms with Gasteiger partial charge in [-0.2, -0.15) is 0 Å². The van der Waals surface area contributed by atoms with Gasteiger partial charge < -0.3 is 19.7 Å². The summed E-state index contributed by atoms with van der Waals surface area (Å²) in [6, 6.07) is 9.87. The first-order valence-electron chi connectivity index (χ1n) is 10.9. The molecule has 2 amide bonds. The van der Waals surface area contributed by atoms with E-state index in [-0.39, 0.29) is 34.9 Å². The van der Waals surface area contributed by atoms with Crippen LogP contribution in [0.1, 0.15) is 31.7 Å². The normalized spacial score (nSPS) is 17.4. The van der Waals surface area contributed by atoms with E-state index in [4.69, 9.17) is 9.47 Å². The van der Waals surface area contributed by atoms with E-state index >= 15 is 0 Å². The van der Waals surface area contributed by atoms with Crippen molar-refractivity contribution in [2.45, 2.75) is 43.5 Å². The molecule has 1 heterocycles. The lowest BCUT2D eigenvalue weighted by molar-refractivity contribution is -0.120. The van der Waals surface area contributed by atoms with E-state index in [1.807, 2.05) is 6.92 Å². The Bertz CT molecular complexity index is 1190. The summed E-state index contributed by atoms with van der Waals surface area (Å²) in [7, 11) is -0.683. The van der Waals surface area contributed by atoms with E-state index in [1.165, 1.54) is 20.3 Å². The van der Waals surface area contributed by atoms with E-state index in [9.17, 15) is 18.0 Å². The fourth-order valence-corrected chi connectivity index (χ4v) is 5.42. The number of methoxy groups -OCH3 is 2. The maximum Gasteiger partial charge on any atom is 0.230 e. The molecule has 1 saturated carbocycles. The van der Waals surface area contributed by atoms with Gasteiger partial charge >= 0.3 is 0 Å². The second-order valence-electron chi connectivity index (χ2n) is 8.51. The molecule has 176 valence electrons. The number of carbonyl (C=O) groups excluding carboxylic acids is 2. The second kappa shape index (κ2) is 9.05. The van der Waals surface area contributed by atoms with E-state index in [0.717, 1.165) is 24.1 Å². The molecule has 2 aromatic carbocycles. The first kappa shape index (κ1) is 23.1. The summed E-state index contributed by atoms with van der Waals surface area (Å²) in [4.78, 5) is 27.1. The van der Waals surface area contributed by atoms with Gasteiger partial charge in [0, 0.05) is 30.1 Å². The van der Waals surface area contributed by atoms with Gasteiger partial charge in [0.25, 0.3) is 0 Å². The van der Waals surface area contributed by atoms with Crippen molar-refractivity contribution < 1.29 is 27.5 Å². The molecule has 4 rings (SSSR count). The molecule has 1 aliphatic heterocycles. The minimum Gasteiger partial charge on any atom is -0.497 e. The molecular formula is C24H28N2O6S. The summed E-state index contributed by atoms with van der Waals surface area (Å²) >= 11 is 0. The predicted molar refractivity (Wildman–Crippen MR) is 125 cm³/mol. The van der Waals surface area contributed by atoms with Crippen molar-refractivity contribution in [3.05, 3.63) is 42.0 Å². The van der Waals surface area contributed by atoms with E-state index < -0.39 is 15.7 Å². The van der Waals surface area contributed by atoms with Gasteiger partial charge in [0.05, 0.1) is 30.6 Å². The monoisotopic (exact) mass is 472 g/mol.